The number of aliphatic imine (C=N–C) groups is 1. The second-order valence-electron chi connectivity index (χ2n) is 7.76. The second-order valence-corrected chi connectivity index (χ2v) is 8.74. The van der Waals surface area contributed by atoms with Crippen LogP contribution < -0.4 is 10.6 Å². The van der Waals surface area contributed by atoms with E-state index in [4.69, 9.17) is 0 Å². The number of hydrogen-bond acceptors (Lipinski definition) is 4. The zero-order valence-electron chi connectivity index (χ0n) is 17.8. The van der Waals surface area contributed by atoms with E-state index in [1.807, 2.05) is 29.3 Å². The predicted molar refractivity (Wildman–Crippen MR) is 133 cm³/mol. The molecule has 3 heterocycles. The molecule has 1 atom stereocenters. The molecule has 1 aliphatic rings. The van der Waals surface area contributed by atoms with Gasteiger partial charge in [0.15, 0.2) is 5.96 Å². The first-order valence-electron chi connectivity index (χ1n) is 10.4. The Morgan fingerprint density at radius 1 is 1.34 bits per heavy atom. The Labute approximate surface area is 196 Å². The average Bonchev–Trinajstić information content (AvgIpc) is 3.37. The molecule has 1 saturated heterocycles. The molecule has 0 spiro atoms. The molecule has 0 radical (unpaired) electrons. The van der Waals surface area contributed by atoms with Crippen LogP contribution in [-0.2, 0) is 6.54 Å². The minimum absolute atomic E-state index is 0. The van der Waals surface area contributed by atoms with E-state index in [2.05, 4.69) is 63.2 Å². The lowest BCUT2D eigenvalue weighted by atomic mass is 9.97. The molecule has 6 nitrogen and oxygen atoms in total. The van der Waals surface area contributed by atoms with Crippen LogP contribution in [0.4, 0.5) is 0 Å². The van der Waals surface area contributed by atoms with Crippen LogP contribution in [0.25, 0.3) is 0 Å². The molecule has 2 aromatic heterocycles. The molecule has 29 heavy (non-hydrogen) atoms. The van der Waals surface area contributed by atoms with Crippen LogP contribution in [0.1, 0.15) is 42.7 Å². The Balaban J connectivity index is 0.00000300. The van der Waals surface area contributed by atoms with E-state index in [0.29, 0.717) is 6.04 Å². The summed E-state index contributed by atoms with van der Waals surface area (Å²) in [4.78, 5) is 8.47. The maximum atomic E-state index is 4.40. The summed E-state index contributed by atoms with van der Waals surface area (Å²) in [6.45, 7) is 9.48. The van der Waals surface area contributed by atoms with E-state index in [0.717, 1.165) is 37.9 Å². The number of aromatic nitrogens is 2. The van der Waals surface area contributed by atoms with Crippen molar-refractivity contribution in [2.45, 2.75) is 45.7 Å². The third kappa shape index (κ3) is 7.57. The quantitative estimate of drug-likeness (QED) is 0.235. The van der Waals surface area contributed by atoms with Crippen molar-refractivity contribution in [3.63, 3.8) is 0 Å². The molecule has 1 aliphatic heterocycles. The monoisotopic (exact) mass is 530 g/mol. The molecule has 8 heteroatoms. The molecule has 1 unspecified atom stereocenters. The fourth-order valence-corrected chi connectivity index (χ4v) is 4.54. The highest BCUT2D eigenvalue weighted by Crippen LogP contribution is 2.28. The van der Waals surface area contributed by atoms with Gasteiger partial charge in [0, 0.05) is 37.8 Å². The van der Waals surface area contributed by atoms with Crippen LogP contribution in [0.15, 0.2) is 34.9 Å². The lowest BCUT2D eigenvalue weighted by Crippen LogP contribution is -2.45. The highest BCUT2D eigenvalue weighted by molar-refractivity contribution is 14.0. The minimum atomic E-state index is 0. The Morgan fingerprint density at radius 3 is 2.76 bits per heavy atom. The van der Waals surface area contributed by atoms with E-state index >= 15 is 0 Å². The summed E-state index contributed by atoms with van der Waals surface area (Å²) < 4.78 is 2.00. The second kappa shape index (κ2) is 12.5. The number of halogens is 1. The van der Waals surface area contributed by atoms with Gasteiger partial charge in [-0.2, -0.15) is 5.10 Å². The van der Waals surface area contributed by atoms with Gasteiger partial charge < -0.3 is 10.6 Å². The number of piperidine rings is 1. The summed E-state index contributed by atoms with van der Waals surface area (Å²) in [5.41, 5.74) is 1.21. The van der Waals surface area contributed by atoms with Gasteiger partial charge in [0.05, 0.1) is 12.2 Å². The first kappa shape index (κ1) is 24.1. The molecule has 2 aromatic rings. The topological polar surface area (TPSA) is 57.5 Å². The molecule has 0 bridgehead atoms. The number of nitrogens with one attached hydrogen (secondary N) is 2. The zero-order valence-corrected chi connectivity index (χ0v) is 21.0. The van der Waals surface area contributed by atoms with Crippen molar-refractivity contribution < 1.29 is 0 Å². The molecule has 3 rings (SSSR count). The average molecular weight is 531 g/mol. The SMILES string of the molecule is CN=C(NCCCn1cc(C)cn1)NCC(c1cccs1)N1CCC(C)CC1.I. The molecule has 162 valence electrons. The van der Waals surface area contributed by atoms with Gasteiger partial charge in [0.2, 0.25) is 0 Å². The van der Waals surface area contributed by atoms with Crippen molar-refractivity contribution in [1.82, 2.24) is 25.3 Å². The standard InChI is InChI=1S/C21H34N6S.HI/c1-17-7-11-26(12-8-17)19(20-6-4-13-28-20)15-24-21(22-3)23-9-5-10-27-16-18(2)14-25-27;/h4,6,13-14,16-17,19H,5,7-12,15H2,1-3H3,(H2,22,23,24);1H. The first-order chi connectivity index (χ1) is 13.7. The van der Waals surface area contributed by atoms with Gasteiger partial charge in [-0.15, -0.1) is 35.3 Å². The third-order valence-electron chi connectivity index (χ3n) is 5.44. The summed E-state index contributed by atoms with van der Waals surface area (Å²) >= 11 is 1.85. The summed E-state index contributed by atoms with van der Waals surface area (Å²) in [6.07, 6.45) is 7.59. The zero-order chi connectivity index (χ0) is 19.8. The van der Waals surface area contributed by atoms with Crippen molar-refractivity contribution in [1.29, 1.82) is 0 Å². The highest BCUT2D eigenvalue weighted by atomic mass is 127. The fraction of sp³-hybridized carbons (Fsp3) is 0.619. The summed E-state index contributed by atoms with van der Waals surface area (Å²) in [6, 6.07) is 4.83. The predicted octanol–water partition coefficient (Wildman–Crippen LogP) is 3.90. The van der Waals surface area contributed by atoms with Crippen LogP contribution in [0.2, 0.25) is 0 Å². The van der Waals surface area contributed by atoms with Gasteiger partial charge in [-0.25, -0.2) is 0 Å². The number of rotatable bonds is 8. The molecular formula is C21H35IN6S. The van der Waals surface area contributed by atoms with Crippen LogP contribution in [0.5, 0.6) is 0 Å². The molecule has 2 N–H and O–H groups in total. The van der Waals surface area contributed by atoms with Crippen molar-refractivity contribution in [3.05, 3.63) is 40.3 Å². The van der Waals surface area contributed by atoms with Gasteiger partial charge in [0.25, 0.3) is 0 Å². The number of guanidine groups is 1. The minimum Gasteiger partial charge on any atom is -0.356 e. The molecule has 0 aromatic carbocycles. The Kier molecular flexibility index (Phi) is 10.4. The number of aryl methyl sites for hydroxylation is 2. The molecule has 1 fully saturated rings. The summed E-state index contributed by atoms with van der Waals surface area (Å²) in [5.74, 6) is 1.73. The van der Waals surface area contributed by atoms with Crippen LogP contribution >= 0.6 is 35.3 Å². The van der Waals surface area contributed by atoms with E-state index in [9.17, 15) is 0 Å². The van der Waals surface area contributed by atoms with Crippen molar-refractivity contribution in [2.24, 2.45) is 10.9 Å². The van der Waals surface area contributed by atoms with E-state index < -0.39 is 0 Å². The largest absolute Gasteiger partial charge is 0.356 e. The van der Waals surface area contributed by atoms with Gasteiger partial charge in [-0.3, -0.25) is 14.6 Å². The van der Waals surface area contributed by atoms with E-state index in [1.165, 1.54) is 36.4 Å². The Hall–Kier alpha value is -1.13. The smallest absolute Gasteiger partial charge is 0.191 e. The lowest BCUT2D eigenvalue weighted by Gasteiger charge is -2.36. The maximum Gasteiger partial charge on any atom is 0.191 e. The normalized spacial score (nSPS) is 17.0. The van der Waals surface area contributed by atoms with Crippen LogP contribution in [0, 0.1) is 12.8 Å². The molecule has 0 saturated carbocycles. The summed E-state index contributed by atoms with van der Waals surface area (Å²) in [7, 11) is 1.84. The van der Waals surface area contributed by atoms with Crippen LogP contribution in [-0.4, -0.2) is 53.9 Å². The third-order valence-corrected chi connectivity index (χ3v) is 6.41. The van der Waals surface area contributed by atoms with Gasteiger partial charge in [-0.1, -0.05) is 13.0 Å². The molecule has 0 amide bonds. The van der Waals surface area contributed by atoms with E-state index in [1.54, 1.807) is 0 Å². The fourth-order valence-electron chi connectivity index (χ4n) is 3.68. The summed E-state index contributed by atoms with van der Waals surface area (Å²) in [5, 5.41) is 13.5. The Bertz CT molecular complexity index is 721. The molecule has 0 aliphatic carbocycles. The van der Waals surface area contributed by atoms with Crippen LogP contribution in [0.3, 0.4) is 0 Å². The number of nitrogens with zero attached hydrogens (tertiary/aromatic N) is 4. The number of hydrogen-bond donors (Lipinski definition) is 2. The van der Waals surface area contributed by atoms with Gasteiger partial charge >= 0.3 is 0 Å². The van der Waals surface area contributed by atoms with Gasteiger partial charge in [-0.05, 0) is 62.2 Å². The van der Waals surface area contributed by atoms with Crippen molar-refractivity contribution in [2.75, 3.05) is 33.2 Å². The lowest BCUT2D eigenvalue weighted by molar-refractivity contribution is 0.140. The highest BCUT2D eigenvalue weighted by Gasteiger charge is 2.25. The van der Waals surface area contributed by atoms with E-state index in [-0.39, 0.29) is 24.0 Å². The molecular weight excluding hydrogens is 495 g/mol. The number of thiophene rings is 1. The Morgan fingerprint density at radius 2 is 2.14 bits per heavy atom. The van der Waals surface area contributed by atoms with Crippen molar-refractivity contribution >= 4 is 41.3 Å². The van der Waals surface area contributed by atoms with Crippen molar-refractivity contribution in [3.8, 4) is 0 Å². The van der Waals surface area contributed by atoms with Gasteiger partial charge in [0.1, 0.15) is 0 Å². The maximum absolute atomic E-state index is 4.40. The number of likely N-dealkylation sites (tertiary alicyclic amines) is 1. The first-order valence-corrected chi connectivity index (χ1v) is 11.2.